The van der Waals surface area contributed by atoms with Crippen LogP contribution in [0, 0.1) is 0 Å². The molecule has 3 heterocycles. The van der Waals surface area contributed by atoms with E-state index in [1.54, 1.807) is 4.90 Å². The van der Waals surface area contributed by atoms with Gasteiger partial charge in [-0.15, -0.1) is 0 Å². The first-order valence-electron chi connectivity index (χ1n) is 6.93. The van der Waals surface area contributed by atoms with Gasteiger partial charge in [-0.05, 0) is 31.4 Å². The number of hydrogen-bond acceptors (Lipinski definition) is 4. The maximum Gasteiger partial charge on any atom is 0.230 e. The zero-order valence-corrected chi connectivity index (χ0v) is 11.0. The molecule has 1 atom stereocenters. The van der Waals surface area contributed by atoms with Crippen LogP contribution >= 0.6 is 0 Å². The molecule has 0 saturated carbocycles. The maximum atomic E-state index is 11.7. The van der Waals surface area contributed by atoms with E-state index in [-0.39, 0.29) is 12.3 Å². The van der Waals surface area contributed by atoms with Crippen molar-refractivity contribution in [3.8, 4) is 0 Å². The number of hydrogen-bond donors (Lipinski definition) is 1. The summed E-state index contributed by atoms with van der Waals surface area (Å²) in [5.41, 5.74) is 1.12. The molecule has 1 amide bonds. The Morgan fingerprint density at radius 3 is 2.58 bits per heavy atom. The second-order valence-corrected chi connectivity index (χ2v) is 5.28. The molecule has 0 aliphatic carbocycles. The zero-order chi connectivity index (χ0) is 13.2. The van der Waals surface area contributed by atoms with Gasteiger partial charge in [-0.1, -0.05) is 0 Å². The largest absolute Gasteiger partial charge is 0.391 e. The second-order valence-electron chi connectivity index (χ2n) is 5.28. The highest BCUT2D eigenvalue weighted by atomic mass is 16.3. The number of carbonyl (C=O) groups excluding carboxylic acids is 1. The highest BCUT2D eigenvalue weighted by Crippen LogP contribution is 2.23. The van der Waals surface area contributed by atoms with Crippen molar-refractivity contribution < 1.29 is 9.90 Å². The minimum Gasteiger partial charge on any atom is -0.391 e. The maximum absolute atomic E-state index is 11.7. The molecule has 0 spiro atoms. The third kappa shape index (κ3) is 2.56. The quantitative estimate of drug-likeness (QED) is 0.868. The topological polar surface area (TPSA) is 56.7 Å². The lowest BCUT2D eigenvalue weighted by Crippen LogP contribution is -2.30. The van der Waals surface area contributed by atoms with E-state index in [2.05, 4.69) is 9.88 Å². The Labute approximate surface area is 112 Å². The summed E-state index contributed by atoms with van der Waals surface area (Å²) in [6, 6.07) is 3.89. The van der Waals surface area contributed by atoms with Crippen LogP contribution in [0.25, 0.3) is 0 Å². The summed E-state index contributed by atoms with van der Waals surface area (Å²) in [7, 11) is 0. The highest BCUT2D eigenvalue weighted by Gasteiger charge is 2.29. The second kappa shape index (κ2) is 5.17. The number of aliphatic hydroxyl groups excluding tert-OH is 1. The van der Waals surface area contributed by atoms with Crippen molar-refractivity contribution in [3.63, 3.8) is 0 Å². The SMILES string of the molecule is O=C1CC(O)CN1c1ccc(N2CCCCC2)cn1. The fraction of sp³-hybridized carbons (Fsp3) is 0.571. The number of piperidine rings is 1. The monoisotopic (exact) mass is 261 g/mol. The molecule has 1 aromatic heterocycles. The molecule has 1 aromatic rings. The smallest absolute Gasteiger partial charge is 0.230 e. The first kappa shape index (κ1) is 12.4. The first-order valence-corrected chi connectivity index (χ1v) is 6.93. The Morgan fingerprint density at radius 2 is 2.00 bits per heavy atom. The number of aliphatic hydroxyl groups is 1. The average molecular weight is 261 g/mol. The number of pyridine rings is 1. The van der Waals surface area contributed by atoms with Crippen LogP contribution in [0.1, 0.15) is 25.7 Å². The van der Waals surface area contributed by atoms with Crippen LogP contribution in [-0.4, -0.2) is 41.7 Å². The number of aromatic nitrogens is 1. The van der Waals surface area contributed by atoms with Crippen LogP contribution in [0.5, 0.6) is 0 Å². The summed E-state index contributed by atoms with van der Waals surface area (Å²) < 4.78 is 0. The molecule has 19 heavy (non-hydrogen) atoms. The van der Waals surface area contributed by atoms with E-state index in [0.29, 0.717) is 12.4 Å². The van der Waals surface area contributed by atoms with Crippen molar-refractivity contribution in [2.45, 2.75) is 31.8 Å². The fourth-order valence-electron chi connectivity index (χ4n) is 2.79. The van der Waals surface area contributed by atoms with Gasteiger partial charge in [-0.3, -0.25) is 9.69 Å². The van der Waals surface area contributed by atoms with E-state index in [4.69, 9.17) is 0 Å². The number of nitrogens with zero attached hydrogens (tertiary/aromatic N) is 3. The van der Waals surface area contributed by atoms with Gasteiger partial charge in [0.1, 0.15) is 5.82 Å². The molecule has 2 aliphatic rings. The van der Waals surface area contributed by atoms with Crippen molar-refractivity contribution in [1.82, 2.24) is 4.98 Å². The lowest BCUT2D eigenvalue weighted by atomic mass is 10.1. The molecular weight excluding hydrogens is 242 g/mol. The average Bonchev–Trinajstić information content (AvgIpc) is 2.79. The molecule has 3 rings (SSSR count). The number of amides is 1. The van der Waals surface area contributed by atoms with Gasteiger partial charge >= 0.3 is 0 Å². The van der Waals surface area contributed by atoms with Crippen molar-refractivity contribution in [2.75, 3.05) is 29.4 Å². The van der Waals surface area contributed by atoms with Crippen LogP contribution in [0.3, 0.4) is 0 Å². The van der Waals surface area contributed by atoms with Gasteiger partial charge in [0, 0.05) is 13.1 Å². The number of β-amino-alcohol motifs (C(OH)–C–C–N with tert-alkyl or cyclic N) is 1. The molecule has 2 aliphatic heterocycles. The predicted octanol–water partition coefficient (Wildman–Crippen LogP) is 1.17. The first-order chi connectivity index (χ1) is 9.24. The normalized spacial score (nSPS) is 24.1. The van der Waals surface area contributed by atoms with Gasteiger partial charge in [0.2, 0.25) is 5.91 Å². The molecule has 0 aromatic carbocycles. The summed E-state index contributed by atoms with van der Waals surface area (Å²) in [5, 5.41) is 9.49. The molecule has 5 heteroatoms. The Hall–Kier alpha value is -1.62. The van der Waals surface area contributed by atoms with Gasteiger partial charge in [0.05, 0.1) is 31.0 Å². The summed E-state index contributed by atoms with van der Waals surface area (Å²) in [5.74, 6) is 0.591. The van der Waals surface area contributed by atoms with Crippen molar-refractivity contribution in [2.24, 2.45) is 0 Å². The van der Waals surface area contributed by atoms with E-state index in [9.17, 15) is 9.90 Å². The Balaban J connectivity index is 1.73. The molecule has 0 bridgehead atoms. The van der Waals surface area contributed by atoms with Crippen molar-refractivity contribution >= 4 is 17.4 Å². The molecule has 1 N–H and O–H groups in total. The van der Waals surface area contributed by atoms with Crippen LogP contribution in [0.4, 0.5) is 11.5 Å². The van der Waals surface area contributed by atoms with E-state index in [0.717, 1.165) is 18.8 Å². The zero-order valence-electron chi connectivity index (χ0n) is 11.0. The summed E-state index contributed by atoms with van der Waals surface area (Å²) in [6.45, 7) is 2.53. The van der Waals surface area contributed by atoms with Crippen molar-refractivity contribution in [1.29, 1.82) is 0 Å². The van der Waals surface area contributed by atoms with Crippen LogP contribution in [-0.2, 0) is 4.79 Å². The van der Waals surface area contributed by atoms with E-state index < -0.39 is 6.10 Å². The summed E-state index contributed by atoms with van der Waals surface area (Å²) in [6.07, 6.45) is 5.25. The standard InChI is InChI=1S/C14H19N3O2/c18-12-8-14(19)17(10-12)13-5-4-11(9-15-13)16-6-2-1-3-7-16/h4-5,9,12,18H,1-3,6-8,10H2. The molecule has 5 nitrogen and oxygen atoms in total. The van der Waals surface area contributed by atoms with Crippen LogP contribution in [0.2, 0.25) is 0 Å². The number of rotatable bonds is 2. The third-order valence-electron chi connectivity index (χ3n) is 3.83. The van der Waals surface area contributed by atoms with Gasteiger partial charge < -0.3 is 10.0 Å². The summed E-state index contributed by atoms with van der Waals surface area (Å²) in [4.78, 5) is 20.0. The summed E-state index contributed by atoms with van der Waals surface area (Å²) >= 11 is 0. The lowest BCUT2D eigenvalue weighted by Gasteiger charge is -2.28. The predicted molar refractivity (Wildman–Crippen MR) is 73.3 cm³/mol. The van der Waals surface area contributed by atoms with Crippen LogP contribution in [0.15, 0.2) is 18.3 Å². The Morgan fingerprint density at radius 1 is 1.21 bits per heavy atom. The molecule has 2 fully saturated rings. The molecule has 0 radical (unpaired) electrons. The third-order valence-corrected chi connectivity index (χ3v) is 3.83. The number of anilines is 2. The van der Waals surface area contributed by atoms with Gasteiger partial charge in [-0.25, -0.2) is 4.98 Å². The van der Waals surface area contributed by atoms with Gasteiger partial charge in [0.15, 0.2) is 0 Å². The number of carbonyl (C=O) groups is 1. The molecule has 102 valence electrons. The molecule has 1 unspecified atom stereocenters. The minimum atomic E-state index is -0.559. The van der Waals surface area contributed by atoms with Crippen LogP contribution < -0.4 is 9.80 Å². The fourth-order valence-corrected chi connectivity index (χ4v) is 2.79. The lowest BCUT2D eigenvalue weighted by molar-refractivity contribution is -0.117. The Kier molecular flexibility index (Phi) is 3.38. The van der Waals surface area contributed by atoms with Crippen molar-refractivity contribution in [3.05, 3.63) is 18.3 Å². The Bertz CT molecular complexity index is 454. The minimum absolute atomic E-state index is 0.0503. The molecule has 2 saturated heterocycles. The highest BCUT2D eigenvalue weighted by molar-refractivity contribution is 5.95. The van der Waals surface area contributed by atoms with E-state index >= 15 is 0 Å². The molecular formula is C14H19N3O2. The van der Waals surface area contributed by atoms with E-state index in [1.807, 2.05) is 18.3 Å². The van der Waals surface area contributed by atoms with Gasteiger partial charge in [0.25, 0.3) is 0 Å². The van der Waals surface area contributed by atoms with E-state index in [1.165, 1.54) is 19.3 Å². The van der Waals surface area contributed by atoms with Gasteiger partial charge in [-0.2, -0.15) is 0 Å².